The van der Waals surface area contributed by atoms with E-state index in [4.69, 9.17) is 23.3 Å². The number of carbonyl (C=O) groups excluding carboxylic acids is 3. The van der Waals surface area contributed by atoms with Crippen molar-refractivity contribution in [3.05, 3.63) is 0 Å². The van der Waals surface area contributed by atoms with Crippen LogP contribution < -0.4 is 0 Å². The summed E-state index contributed by atoms with van der Waals surface area (Å²) in [5.41, 5.74) is 0. The number of aliphatic hydroxyl groups is 1. The number of aliphatic hydroxyl groups excluding tert-OH is 1. The molecular weight excluding hydrogens is 904 g/mol. The van der Waals surface area contributed by atoms with Gasteiger partial charge in [-0.15, -0.1) is 0 Å². The van der Waals surface area contributed by atoms with Gasteiger partial charge in [0.25, 0.3) is 0 Å². The van der Waals surface area contributed by atoms with Crippen molar-refractivity contribution in [1.29, 1.82) is 0 Å². The number of unbranched alkanes of at least 4 members (excludes halogenated alkanes) is 40. The summed E-state index contributed by atoms with van der Waals surface area (Å²) in [5, 5.41) is 9.79. The summed E-state index contributed by atoms with van der Waals surface area (Å²) < 4.78 is 39.5. The summed E-state index contributed by atoms with van der Waals surface area (Å²) in [6.07, 6.45) is 50.6. The van der Waals surface area contributed by atoms with E-state index in [1.807, 2.05) is 0 Å². The van der Waals surface area contributed by atoms with E-state index in [9.17, 15) is 28.9 Å². The molecule has 0 radical (unpaired) electrons. The molecule has 0 rings (SSSR count). The van der Waals surface area contributed by atoms with Crippen molar-refractivity contribution in [1.82, 2.24) is 0 Å². The van der Waals surface area contributed by atoms with Crippen LogP contribution in [0.1, 0.15) is 316 Å². The summed E-state index contributed by atoms with van der Waals surface area (Å²) in [6, 6.07) is 0. The van der Waals surface area contributed by atoms with Crippen LogP contribution in [0.5, 0.6) is 0 Å². The predicted molar refractivity (Wildman–Crippen MR) is 289 cm³/mol. The van der Waals surface area contributed by atoms with Crippen LogP contribution in [0.2, 0.25) is 0 Å². The lowest BCUT2D eigenvalue weighted by molar-refractivity contribution is -0.161. The molecule has 0 bridgehead atoms. The minimum absolute atomic E-state index is 0.179. The maximum absolute atomic E-state index is 12.9. The first-order chi connectivity index (χ1) is 34.2. The molecule has 0 aromatic carbocycles. The van der Waals surface area contributed by atoms with E-state index in [-0.39, 0.29) is 25.9 Å². The zero-order chi connectivity index (χ0) is 51.3. The van der Waals surface area contributed by atoms with E-state index in [0.29, 0.717) is 19.3 Å². The van der Waals surface area contributed by atoms with Crippen LogP contribution in [-0.4, -0.2) is 66.5 Å². The van der Waals surface area contributed by atoms with Crippen LogP contribution >= 0.6 is 7.82 Å². The van der Waals surface area contributed by atoms with Crippen LogP contribution in [0, 0.1) is 0 Å². The van der Waals surface area contributed by atoms with Gasteiger partial charge in [0.05, 0.1) is 19.8 Å². The third-order valence-corrected chi connectivity index (χ3v) is 14.5. The van der Waals surface area contributed by atoms with Crippen molar-refractivity contribution >= 4 is 25.7 Å². The summed E-state index contributed by atoms with van der Waals surface area (Å²) >= 11 is 0. The number of rotatable bonds is 57. The van der Waals surface area contributed by atoms with Crippen molar-refractivity contribution in [2.24, 2.45) is 0 Å². The first-order valence-electron chi connectivity index (χ1n) is 29.9. The van der Waals surface area contributed by atoms with E-state index >= 15 is 0 Å². The molecule has 0 aliphatic rings. The van der Waals surface area contributed by atoms with E-state index in [1.165, 1.54) is 199 Å². The van der Waals surface area contributed by atoms with Gasteiger partial charge >= 0.3 is 25.7 Å². The highest BCUT2D eigenvalue weighted by atomic mass is 31.2. The molecular formula is C58H113O11P. The molecule has 416 valence electrons. The Kier molecular flexibility index (Phi) is 52.6. The van der Waals surface area contributed by atoms with Gasteiger partial charge in [-0.2, -0.15) is 0 Å². The fraction of sp³-hybridized carbons (Fsp3) is 0.948. The molecule has 12 heteroatoms. The third-order valence-electron chi connectivity index (χ3n) is 13.5. The Morgan fingerprint density at radius 2 is 0.571 bits per heavy atom. The molecule has 0 saturated heterocycles. The molecule has 3 unspecified atom stereocenters. The molecule has 0 aliphatic carbocycles. The molecule has 11 nitrogen and oxygen atoms in total. The van der Waals surface area contributed by atoms with Crippen molar-refractivity contribution in [2.75, 3.05) is 26.4 Å². The fourth-order valence-electron chi connectivity index (χ4n) is 8.95. The number of hydrogen-bond acceptors (Lipinski definition) is 10. The van der Waals surface area contributed by atoms with Gasteiger partial charge in [0.2, 0.25) is 0 Å². The van der Waals surface area contributed by atoms with Gasteiger partial charge in [0.1, 0.15) is 12.7 Å². The lowest BCUT2D eigenvalue weighted by Gasteiger charge is -2.21. The Labute approximate surface area is 431 Å². The van der Waals surface area contributed by atoms with Crippen LogP contribution in [0.15, 0.2) is 0 Å². The maximum atomic E-state index is 12.9. The second kappa shape index (κ2) is 53.8. The van der Waals surface area contributed by atoms with Gasteiger partial charge in [-0.05, 0) is 19.3 Å². The average molecular weight is 1020 g/mol. The second-order valence-corrected chi connectivity index (χ2v) is 22.0. The predicted octanol–water partition coefficient (Wildman–Crippen LogP) is 17.5. The van der Waals surface area contributed by atoms with E-state index in [2.05, 4.69) is 20.8 Å². The summed E-state index contributed by atoms with van der Waals surface area (Å²) in [4.78, 5) is 48.5. The highest BCUT2D eigenvalue weighted by Gasteiger charge is 2.28. The Morgan fingerprint density at radius 1 is 0.343 bits per heavy atom. The third kappa shape index (κ3) is 51.4. The number of hydrogen-bond donors (Lipinski definition) is 2. The highest BCUT2D eigenvalue weighted by molar-refractivity contribution is 7.47. The first kappa shape index (κ1) is 68.5. The van der Waals surface area contributed by atoms with E-state index < -0.39 is 57.8 Å². The van der Waals surface area contributed by atoms with Gasteiger partial charge in [-0.1, -0.05) is 278 Å². The minimum atomic E-state index is -4.73. The summed E-state index contributed by atoms with van der Waals surface area (Å²) in [7, 11) is -4.73. The van der Waals surface area contributed by atoms with Crippen molar-refractivity contribution < 1.29 is 52.2 Å². The fourth-order valence-corrected chi connectivity index (χ4v) is 9.73. The second-order valence-electron chi connectivity index (χ2n) is 20.5. The number of esters is 3. The minimum Gasteiger partial charge on any atom is -0.462 e. The smallest absolute Gasteiger partial charge is 0.462 e. The summed E-state index contributed by atoms with van der Waals surface area (Å²) in [6.45, 7) is 4.71. The SMILES string of the molecule is CCCCCCCCCCCCCCCCCCCC(=O)OC(COC(=O)CCCCCCCCCCCCCCCCC)COP(=O)(O)OCC(CO)OC(=O)CCCCCCCCCCCCC. The Morgan fingerprint density at radius 3 is 0.843 bits per heavy atom. The van der Waals surface area contributed by atoms with Gasteiger partial charge in [-0.25, -0.2) is 4.57 Å². The largest absolute Gasteiger partial charge is 0.472 e. The Bertz CT molecular complexity index is 1190. The number of phosphoric acid groups is 1. The standard InChI is InChI=1S/C58H113O11P/c1-4-7-10-13-16-19-22-24-26-27-29-31-34-37-40-43-46-49-58(62)69-55(51-65-56(60)47-44-41-38-35-33-30-28-25-23-20-17-14-11-8-5-2)53-67-70(63,64)66-52-54(50-59)68-57(61)48-45-42-39-36-32-21-18-15-12-9-6-3/h54-55,59H,4-53H2,1-3H3,(H,63,64). The topological polar surface area (TPSA) is 155 Å². The normalized spacial score (nSPS) is 13.3. The number of carbonyl (C=O) groups is 3. The highest BCUT2D eigenvalue weighted by Crippen LogP contribution is 2.43. The molecule has 0 saturated carbocycles. The molecule has 0 fully saturated rings. The van der Waals surface area contributed by atoms with E-state index in [1.54, 1.807) is 0 Å². The molecule has 0 spiro atoms. The molecule has 0 heterocycles. The average Bonchev–Trinajstić information content (AvgIpc) is 3.35. The lowest BCUT2D eigenvalue weighted by atomic mass is 10.0. The zero-order valence-electron chi connectivity index (χ0n) is 46.0. The van der Waals surface area contributed by atoms with Crippen LogP contribution in [0.3, 0.4) is 0 Å². The van der Waals surface area contributed by atoms with Gasteiger partial charge in [0, 0.05) is 19.3 Å². The van der Waals surface area contributed by atoms with Crippen molar-refractivity contribution in [3.63, 3.8) is 0 Å². The van der Waals surface area contributed by atoms with Crippen LogP contribution in [-0.2, 0) is 42.2 Å². The number of phosphoric ester groups is 1. The summed E-state index contributed by atoms with van der Waals surface area (Å²) in [5.74, 6) is -1.43. The van der Waals surface area contributed by atoms with Gasteiger partial charge < -0.3 is 24.2 Å². The van der Waals surface area contributed by atoms with Gasteiger partial charge in [-0.3, -0.25) is 23.4 Å². The van der Waals surface area contributed by atoms with Gasteiger partial charge in [0.15, 0.2) is 6.10 Å². The monoisotopic (exact) mass is 1020 g/mol. The quantitative estimate of drug-likeness (QED) is 0.0259. The van der Waals surface area contributed by atoms with Crippen LogP contribution in [0.4, 0.5) is 0 Å². The molecule has 0 aromatic rings. The first-order valence-corrected chi connectivity index (χ1v) is 31.4. The molecule has 3 atom stereocenters. The zero-order valence-corrected chi connectivity index (χ0v) is 46.9. The Hall–Kier alpha value is -1.52. The molecule has 70 heavy (non-hydrogen) atoms. The van der Waals surface area contributed by atoms with E-state index in [0.717, 1.165) is 57.8 Å². The molecule has 0 aliphatic heterocycles. The molecule has 0 aromatic heterocycles. The molecule has 0 amide bonds. The van der Waals surface area contributed by atoms with Crippen molar-refractivity contribution in [2.45, 2.75) is 328 Å². The Balaban J connectivity index is 4.65. The number of ether oxygens (including phenoxy) is 3. The van der Waals surface area contributed by atoms with Crippen molar-refractivity contribution in [3.8, 4) is 0 Å². The molecule has 2 N–H and O–H groups in total. The maximum Gasteiger partial charge on any atom is 0.472 e. The van der Waals surface area contributed by atoms with Crippen LogP contribution in [0.25, 0.3) is 0 Å². The lowest BCUT2D eigenvalue weighted by Crippen LogP contribution is -2.30.